The first kappa shape index (κ1) is 13.8. The number of nitrogens with one attached hydrogen (secondary N) is 1. The van der Waals surface area contributed by atoms with Crippen molar-refractivity contribution in [2.45, 2.75) is 51.6 Å². The number of carbonyl (C=O) groups is 1. The summed E-state index contributed by atoms with van der Waals surface area (Å²) in [4.78, 5) is 14.4. The first-order chi connectivity index (χ1) is 8.49. The van der Waals surface area contributed by atoms with E-state index in [0.717, 1.165) is 38.4 Å². The summed E-state index contributed by atoms with van der Waals surface area (Å²) >= 11 is 0. The number of nitrogens with two attached hydrogens (primary N) is 1. The predicted molar refractivity (Wildman–Crippen MR) is 73.1 cm³/mol. The van der Waals surface area contributed by atoms with Crippen molar-refractivity contribution in [1.82, 2.24) is 10.2 Å². The van der Waals surface area contributed by atoms with E-state index in [1.54, 1.807) is 0 Å². The molecule has 1 saturated heterocycles. The number of hydrogen-bond donors (Lipinski definition) is 2. The van der Waals surface area contributed by atoms with Crippen LogP contribution in [0.25, 0.3) is 0 Å². The van der Waals surface area contributed by atoms with Crippen molar-refractivity contribution in [1.29, 1.82) is 0 Å². The van der Waals surface area contributed by atoms with E-state index in [1.165, 1.54) is 6.42 Å². The molecule has 0 bridgehead atoms. The number of nitrogens with zero attached hydrogens (tertiary/aromatic N) is 1. The van der Waals surface area contributed by atoms with Crippen LogP contribution in [0.5, 0.6) is 0 Å². The molecular formula is C14H27N3O. The Bertz CT molecular complexity index is 316. The number of likely N-dealkylation sites (tertiary alicyclic amines) is 1. The number of primary amides is 1. The minimum atomic E-state index is -0.493. The SMILES string of the molecule is CCNC(CN1CC(C)CC1C)(C(N)=O)C1CC1. The van der Waals surface area contributed by atoms with Crippen molar-refractivity contribution in [3.05, 3.63) is 0 Å². The van der Waals surface area contributed by atoms with Gasteiger partial charge in [-0.15, -0.1) is 0 Å². The van der Waals surface area contributed by atoms with Crippen molar-refractivity contribution in [2.75, 3.05) is 19.6 Å². The summed E-state index contributed by atoms with van der Waals surface area (Å²) in [6.45, 7) is 9.27. The quantitative estimate of drug-likeness (QED) is 0.741. The van der Waals surface area contributed by atoms with Gasteiger partial charge in [0.2, 0.25) is 5.91 Å². The van der Waals surface area contributed by atoms with Crippen LogP contribution >= 0.6 is 0 Å². The summed E-state index contributed by atoms with van der Waals surface area (Å²) < 4.78 is 0. The normalized spacial score (nSPS) is 32.4. The van der Waals surface area contributed by atoms with Crippen molar-refractivity contribution in [3.8, 4) is 0 Å². The van der Waals surface area contributed by atoms with Gasteiger partial charge in [0.15, 0.2) is 0 Å². The number of hydrogen-bond acceptors (Lipinski definition) is 3. The molecule has 1 saturated carbocycles. The van der Waals surface area contributed by atoms with Gasteiger partial charge in [-0.25, -0.2) is 0 Å². The van der Waals surface area contributed by atoms with E-state index in [1.807, 2.05) is 0 Å². The van der Waals surface area contributed by atoms with Crippen LogP contribution in [0.4, 0.5) is 0 Å². The lowest BCUT2D eigenvalue weighted by molar-refractivity contribution is -0.126. The summed E-state index contributed by atoms with van der Waals surface area (Å²) in [6.07, 6.45) is 3.49. The highest BCUT2D eigenvalue weighted by molar-refractivity contribution is 5.86. The van der Waals surface area contributed by atoms with Gasteiger partial charge in [0.1, 0.15) is 5.54 Å². The van der Waals surface area contributed by atoms with Crippen LogP contribution in [-0.4, -0.2) is 42.0 Å². The molecule has 1 amide bonds. The molecule has 0 radical (unpaired) electrons. The van der Waals surface area contributed by atoms with Gasteiger partial charge in [-0.05, 0) is 44.6 Å². The van der Waals surface area contributed by atoms with Gasteiger partial charge in [0.25, 0.3) is 0 Å². The zero-order chi connectivity index (χ0) is 13.3. The molecule has 0 aromatic carbocycles. The average Bonchev–Trinajstić information content (AvgIpc) is 3.06. The Hall–Kier alpha value is -0.610. The second-order valence-corrected chi connectivity index (χ2v) is 6.26. The third-order valence-corrected chi connectivity index (χ3v) is 4.57. The summed E-state index contributed by atoms with van der Waals surface area (Å²) in [5, 5.41) is 3.40. The molecule has 3 unspecified atom stereocenters. The Morgan fingerprint density at radius 2 is 2.11 bits per heavy atom. The zero-order valence-corrected chi connectivity index (χ0v) is 11.9. The number of rotatable bonds is 6. The van der Waals surface area contributed by atoms with Crippen LogP contribution in [0, 0.1) is 11.8 Å². The Kier molecular flexibility index (Phi) is 3.97. The molecule has 2 fully saturated rings. The summed E-state index contributed by atoms with van der Waals surface area (Å²) in [5.74, 6) is 1.00. The third kappa shape index (κ3) is 2.54. The molecule has 0 spiro atoms. The van der Waals surface area contributed by atoms with Crippen molar-refractivity contribution >= 4 is 5.91 Å². The van der Waals surface area contributed by atoms with Crippen LogP contribution in [0.15, 0.2) is 0 Å². The molecule has 4 heteroatoms. The Balaban J connectivity index is 2.11. The lowest BCUT2D eigenvalue weighted by Crippen LogP contribution is -2.63. The van der Waals surface area contributed by atoms with Crippen LogP contribution in [0.3, 0.4) is 0 Å². The fraction of sp³-hybridized carbons (Fsp3) is 0.929. The van der Waals surface area contributed by atoms with Gasteiger partial charge in [-0.3, -0.25) is 9.69 Å². The first-order valence-electron chi connectivity index (χ1n) is 7.28. The maximum Gasteiger partial charge on any atom is 0.239 e. The molecule has 1 heterocycles. The van der Waals surface area contributed by atoms with Gasteiger partial charge in [-0.2, -0.15) is 0 Å². The van der Waals surface area contributed by atoms with Gasteiger partial charge in [0, 0.05) is 19.1 Å². The highest BCUT2D eigenvalue weighted by Crippen LogP contribution is 2.41. The largest absolute Gasteiger partial charge is 0.368 e. The van der Waals surface area contributed by atoms with E-state index >= 15 is 0 Å². The van der Waals surface area contributed by atoms with Gasteiger partial charge in [-0.1, -0.05) is 13.8 Å². The summed E-state index contributed by atoms with van der Waals surface area (Å²) in [5.41, 5.74) is 5.24. The molecule has 0 aromatic rings. The van der Waals surface area contributed by atoms with Gasteiger partial charge in [0.05, 0.1) is 0 Å². The second kappa shape index (κ2) is 5.17. The second-order valence-electron chi connectivity index (χ2n) is 6.26. The smallest absolute Gasteiger partial charge is 0.239 e. The first-order valence-corrected chi connectivity index (χ1v) is 7.28. The number of carbonyl (C=O) groups excluding carboxylic acids is 1. The molecule has 3 N–H and O–H groups in total. The number of amides is 1. The third-order valence-electron chi connectivity index (χ3n) is 4.57. The summed E-state index contributed by atoms with van der Waals surface area (Å²) in [7, 11) is 0. The molecule has 2 rings (SSSR count). The van der Waals surface area contributed by atoms with E-state index in [0.29, 0.717) is 12.0 Å². The molecule has 1 aliphatic heterocycles. The average molecular weight is 253 g/mol. The maximum absolute atomic E-state index is 12.0. The molecule has 0 aromatic heterocycles. The standard InChI is InChI=1S/C14H27N3O/c1-4-16-14(13(15)18,12-5-6-12)9-17-8-10(2)7-11(17)3/h10-12,16H,4-9H2,1-3H3,(H2,15,18). The molecule has 3 atom stereocenters. The maximum atomic E-state index is 12.0. The van der Waals surface area contributed by atoms with Crippen LogP contribution in [-0.2, 0) is 4.79 Å². The Labute approximate surface area is 110 Å². The van der Waals surface area contributed by atoms with Gasteiger partial charge < -0.3 is 11.1 Å². The minimum absolute atomic E-state index is 0.168. The van der Waals surface area contributed by atoms with Crippen LogP contribution in [0.1, 0.15) is 40.0 Å². The Morgan fingerprint density at radius 1 is 1.44 bits per heavy atom. The molecule has 2 aliphatic rings. The van der Waals surface area contributed by atoms with Gasteiger partial charge >= 0.3 is 0 Å². The lowest BCUT2D eigenvalue weighted by Gasteiger charge is -2.37. The predicted octanol–water partition coefficient (Wildman–Crippen LogP) is 0.960. The van der Waals surface area contributed by atoms with E-state index in [4.69, 9.17) is 5.73 Å². The fourth-order valence-corrected chi connectivity index (χ4v) is 3.51. The van der Waals surface area contributed by atoms with Crippen LogP contribution < -0.4 is 11.1 Å². The van der Waals surface area contributed by atoms with E-state index in [2.05, 4.69) is 31.0 Å². The van der Waals surface area contributed by atoms with Crippen molar-refractivity contribution < 1.29 is 4.79 Å². The molecular weight excluding hydrogens is 226 g/mol. The van der Waals surface area contributed by atoms with E-state index < -0.39 is 5.54 Å². The Morgan fingerprint density at radius 3 is 2.50 bits per heavy atom. The minimum Gasteiger partial charge on any atom is -0.368 e. The summed E-state index contributed by atoms with van der Waals surface area (Å²) in [6, 6.07) is 0.566. The topological polar surface area (TPSA) is 58.4 Å². The number of likely N-dealkylation sites (N-methyl/N-ethyl adjacent to an activating group) is 1. The van der Waals surface area contributed by atoms with E-state index in [-0.39, 0.29) is 5.91 Å². The monoisotopic (exact) mass is 253 g/mol. The van der Waals surface area contributed by atoms with Crippen LogP contribution in [0.2, 0.25) is 0 Å². The highest BCUT2D eigenvalue weighted by atomic mass is 16.1. The fourth-order valence-electron chi connectivity index (χ4n) is 3.51. The van der Waals surface area contributed by atoms with Crippen molar-refractivity contribution in [3.63, 3.8) is 0 Å². The van der Waals surface area contributed by atoms with Crippen molar-refractivity contribution in [2.24, 2.45) is 17.6 Å². The molecule has 18 heavy (non-hydrogen) atoms. The molecule has 1 aliphatic carbocycles. The molecule has 104 valence electrons. The van der Waals surface area contributed by atoms with E-state index in [9.17, 15) is 4.79 Å². The lowest BCUT2D eigenvalue weighted by atomic mass is 9.91. The zero-order valence-electron chi connectivity index (χ0n) is 11.9. The highest BCUT2D eigenvalue weighted by Gasteiger charge is 2.51. The molecule has 4 nitrogen and oxygen atoms in total.